The van der Waals surface area contributed by atoms with E-state index in [4.69, 9.17) is 9.84 Å². The number of anilines is 1. The molecule has 2 amide bonds. The topological polar surface area (TPSA) is 70.6 Å². The molecule has 0 bridgehead atoms. The Kier molecular flexibility index (Phi) is 6.31. The number of carbonyl (C=O) groups is 1. The second-order valence-electron chi connectivity index (χ2n) is 5.31. The van der Waals surface area contributed by atoms with Gasteiger partial charge in [0.25, 0.3) is 0 Å². The van der Waals surface area contributed by atoms with Crippen LogP contribution in [-0.2, 0) is 0 Å². The number of amides is 2. The molecular formula is C15H24N2O3. The number of benzene rings is 1. The van der Waals surface area contributed by atoms with Crippen molar-refractivity contribution < 1.29 is 14.6 Å². The van der Waals surface area contributed by atoms with Gasteiger partial charge >= 0.3 is 6.03 Å². The smallest absolute Gasteiger partial charge is 0.319 e. The normalized spacial score (nSPS) is 11.0. The van der Waals surface area contributed by atoms with E-state index in [2.05, 4.69) is 10.6 Å². The number of urea groups is 1. The van der Waals surface area contributed by atoms with Gasteiger partial charge in [-0.3, -0.25) is 0 Å². The molecule has 0 aromatic heterocycles. The maximum absolute atomic E-state index is 11.9. The average molecular weight is 280 g/mol. The van der Waals surface area contributed by atoms with Crippen LogP contribution in [0.3, 0.4) is 0 Å². The molecule has 20 heavy (non-hydrogen) atoms. The van der Waals surface area contributed by atoms with Crippen molar-refractivity contribution in [2.45, 2.75) is 39.2 Å². The van der Waals surface area contributed by atoms with E-state index in [1.165, 1.54) is 0 Å². The molecule has 0 saturated carbocycles. The largest absolute Gasteiger partial charge is 0.494 e. The van der Waals surface area contributed by atoms with Gasteiger partial charge in [0.2, 0.25) is 0 Å². The van der Waals surface area contributed by atoms with Crippen LogP contribution in [0.25, 0.3) is 0 Å². The fraction of sp³-hybridized carbons (Fsp3) is 0.533. The summed E-state index contributed by atoms with van der Waals surface area (Å²) < 4.78 is 5.51. The zero-order chi connectivity index (χ0) is 15.0. The SMILES string of the molecule is CCCOc1cccc(NC(=O)NC(C)(C)CCO)c1. The number of hydrogen-bond donors (Lipinski definition) is 3. The fourth-order valence-electron chi connectivity index (χ4n) is 1.70. The molecule has 1 rings (SSSR count). The Labute approximate surface area is 120 Å². The first-order valence-electron chi connectivity index (χ1n) is 6.90. The van der Waals surface area contributed by atoms with Crippen molar-refractivity contribution in [2.75, 3.05) is 18.5 Å². The van der Waals surface area contributed by atoms with E-state index < -0.39 is 5.54 Å². The van der Waals surface area contributed by atoms with Crippen molar-refractivity contribution in [3.05, 3.63) is 24.3 Å². The van der Waals surface area contributed by atoms with Crippen molar-refractivity contribution in [1.29, 1.82) is 0 Å². The van der Waals surface area contributed by atoms with Gasteiger partial charge in [-0.05, 0) is 38.8 Å². The molecule has 0 spiro atoms. The maximum atomic E-state index is 11.9. The molecule has 0 heterocycles. The summed E-state index contributed by atoms with van der Waals surface area (Å²) in [4.78, 5) is 11.9. The Bertz CT molecular complexity index is 433. The number of aliphatic hydroxyl groups excluding tert-OH is 1. The highest BCUT2D eigenvalue weighted by molar-refractivity contribution is 5.89. The number of carbonyl (C=O) groups excluding carboxylic acids is 1. The van der Waals surface area contributed by atoms with Crippen LogP contribution in [0.1, 0.15) is 33.6 Å². The molecule has 0 unspecified atom stereocenters. The maximum Gasteiger partial charge on any atom is 0.319 e. The molecule has 0 aliphatic rings. The molecule has 0 fully saturated rings. The lowest BCUT2D eigenvalue weighted by Gasteiger charge is -2.25. The first-order chi connectivity index (χ1) is 9.46. The van der Waals surface area contributed by atoms with Crippen LogP contribution in [0.15, 0.2) is 24.3 Å². The summed E-state index contributed by atoms with van der Waals surface area (Å²) in [5.41, 5.74) is 0.228. The Balaban J connectivity index is 2.57. The Morgan fingerprint density at radius 1 is 1.40 bits per heavy atom. The minimum Gasteiger partial charge on any atom is -0.494 e. The van der Waals surface area contributed by atoms with Gasteiger partial charge in [-0.15, -0.1) is 0 Å². The molecule has 0 aliphatic carbocycles. The van der Waals surface area contributed by atoms with Crippen LogP contribution < -0.4 is 15.4 Å². The van der Waals surface area contributed by atoms with E-state index in [0.717, 1.165) is 12.2 Å². The second-order valence-corrected chi connectivity index (χ2v) is 5.31. The van der Waals surface area contributed by atoms with Crippen molar-refractivity contribution in [1.82, 2.24) is 5.32 Å². The molecule has 1 aromatic rings. The van der Waals surface area contributed by atoms with Crippen LogP contribution in [0.4, 0.5) is 10.5 Å². The molecule has 1 aromatic carbocycles. The van der Waals surface area contributed by atoms with Gasteiger partial charge in [-0.25, -0.2) is 4.79 Å². The monoisotopic (exact) mass is 280 g/mol. The van der Waals surface area contributed by atoms with Gasteiger partial charge < -0.3 is 20.5 Å². The number of hydrogen-bond acceptors (Lipinski definition) is 3. The predicted molar refractivity (Wildman–Crippen MR) is 80.2 cm³/mol. The summed E-state index contributed by atoms with van der Waals surface area (Å²) in [6.45, 7) is 6.46. The van der Waals surface area contributed by atoms with Gasteiger partial charge in [0.15, 0.2) is 0 Å². The summed E-state index contributed by atoms with van der Waals surface area (Å²) in [5, 5.41) is 14.5. The zero-order valence-corrected chi connectivity index (χ0v) is 12.4. The third kappa shape index (κ3) is 5.93. The summed E-state index contributed by atoms with van der Waals surface area (Å²) >= 11 is 0. The van der Waals surface area contributed by atoms with Crippen LogP contribution in [0, 0.1) is 0 Å². The van der Waals surface area contributed by atoms with Crippen molar-refractivity contribution in [3.8, 4) is 5.75 Å². The lowest BCUT2D eigenvalue weighted by Crippen LogP contribution is -2.46. The summed E-state index contributed by atoms with van der Waals surface area (Å²) in [5.74, 6) is 0.735. The molecule has 0 radical (unpaired) electrons. The molecule has 0 aliphatic heterocycles. The van der Waals surface area contributed by atoms with Crippen molar-refractivity contribution >= 4 is 11.7 Å². The first kappa shape index (κ1) is 16.3. The van der Waals surface area contributed by atoms with E-state index in [1.54, 1.807) is 12.1 Å². The number of aliphatic hydroxyl groups is 1. The molecule has 5 heteroatoms. The Morgan fingerprint density at radius 2 is 2.15 bits per heavy atom. The fourth-order valence-corrected chi connectivity index (χ4v) is 1.70. The molecule has 0 saturated heterocycles. The lowest BCUT2D eigenvalue weighted by molar-refractivity contribution is 0.218. The number of nitrogens with one attached hydrogen (secondary N) is 2. The molecule has 0 atom stereocenters. The minimum absolute atomic E-state index is 0.0353. The Morgan fingerprint density at radius 3 is 2.80 bits per heavy atom. The zero-order valence-electron chi connectivity index (χ0n) is 12.4. The van der Waals surface area contributed by atoms with Gasteiger partial charge in [-0.1, -0.05) is 13.0 Å². The molecular weight excluding hydrogens is 256 g/mol. The summed E-state index contributed by atoms with van der Waals surface area (Å²) in [6, 6.07) is 6.98. The van der Waals surface area contributed by atoms with Crippen LogP contribution >= 0.6 is 0 Å². The van der Waals surface area contributed by atoms with Crippen molar-refractivity contribution in [3.63, 3.8) is 0 Å². The van der Waals surface area contributed by atoms with Gasteiger partial charge in [0.05, 0.1) is 6.61 Å². The quantitative estimate of drug-likeness (QED) is 0.719. The van der Waals surface area contributed by atoms with Gasteiger partial charge in [0, 0.05) is 23.9 Å². The van der Waals surface area contributed by atoms with E-state index in [9.17, 15) is 4.79 Å². The number of rotatable bonds is 7. The highest BCUT2D eigenvalue weighted by Crippen LogP contribution is 2.18. The molecule has 3 N–H and O–H groups in total. The standard InChI is InChI=1S/C15H24N2O3/c1-4-10-20-13-7-5-6-12(11-13)16-14(19)17-15(2,3)8-9-18/h5-7,11,18H,4,8-10H2,1-3H3,(H2,16,17,19). The highest BCUT2D eigenvalue weighted by atomic mass is 16.5. The molecule has 5 nitrogen and oxygen atoms in total. The molecule has 112 valence electrons. The van der Waals surface area contributed by atoms with Crippen LogP contribution in [-0.4, -0.2) is 29.9 Å². The Hall–Kier alpha value is -1.75. The number of ether oxygens (including phenoxy) is 1. The second kappa shape index (κ2) is 7.75. The highest BCUT2D eigenvalue weighted by Gasteiger charge is 2.19. The third-order valence-corrected chi connectivity index (χ3v) is 2.75. The van der Waals surface area contributed by atoms with E-state index in [1.807, 2.05) is 32.9 Å². The minimum atomic E-state index is -0.449. The van der Waals surface area contributed by atoms with E-state index >= 15 is 0 Å². The summed E-state index contributed by atoms with van der Waals surface area (Å²) in [7, 11) is 0. The van der Waals surface area contributed by atoms with Crippen LogP contribution in [0.5, 0.6) is 5.75 Å². The summed E-state index contributed by atoms with van der Waals surface area (Å²) in [6.07, 6.45) is 1.44. The first-order valence-corrected chi connectivity index (χ1v) is 6.90. The lowest BCUT2D eigenvalue weighted by atomic mass is 10.0. The van der Waals surface area contributed by atoms with Crippen LogP contribution in [0.2, 0.25) is 0 Å². The van der Waals surface area contributed by atoms with E-state index in [-0.39, 0.29) is 12.6 Å². The van der Waals surface area contributed by atoms with E-state index in [0.29, 0.717) is 18.7 Å². The predicted octanol–water partition coefficient (Wildman–Crippen LogP) is 2.76. The van der Waals surface area contributed by atoms with Gasteiger partial charge in [-0.2, -0.15) is 0 Å². The average Bonchev–Trinajstić information content (AvgIpc) is 2.35. The third-order valence-electron chi connectivity index (χ3n) is 2.75. The van der Waals surface area contributed by atoms with Crippen molar-refractivity contribution in [2.24, 2.45) is 0 Å². The van der Waals surface area contributed by atoms with Gasteiger partial charge in [0.1, 0.15) is 5.75 Å².